The average molecular weight is 444 g/mol. The molecule has 2 aromatic carbocycles. The zero-order valence-electron chi connectivity index (χ0n) is 19.1. The second-order valence-electron chi connectivity index (χ2n) is 8.74. The highest BCUT2D eigenvalue weighted by Crippen LogP contribution is 2.35. The van der Waals surface area contributed by atoms with Crippen molar-refractivity contribution in [2.45, 2.75) is 44.6 Å². The van der Waals surface area contributed by atoms with Gasteiger partial charge < -0.3 is 10.2 Å². The van der Waals surface area contributed by atoms with Crippen LogP contribution in [0.5, 0.6) is 0 Å². The van der Waals surface area contributed by atoms with Crippen molar-refractivity contribution >= 4 is 17.6 Å². The lowest BCUT2D eigenvalue weighted by molar-refractivity contribution is -0.128. The summed E-state index contributed by atoms with van der Waals surface area (Å²) in [7, 11) is 1.64. The standard InChI is InChI=1S/C27H29N3O3/c1-27(18-25(32)30(2)26(28)29-27)22-11-6-9-20(17-22)19-8-5-10-21(16-19)24(31)14-4-3-12-23-13-7-15-33-23/h5-11,13,15-17H,3-4,12,14,18H2,1-2H3,(H2,28,29)/t27-/m0/s1. The number of nitrogens with two attached hydrogens (primary N) is 1. The third kappa shape index (κ3) is 5.06. The van der Waals surface area contributed by atoms with Gasteiger partial charge in [0, 0.05) is 25.5 Å². The number of furan rings is 1. The molecule has 0 radical (unpaired) electrons. The quantitative estimate of drug-likeness (QED) is 0.395. The van der Waals surface area contributed by atoms with Crippen LogP contribution in [0, 0.1) is 0 Å². The van der Waals surface area contributed by atoms with Gasteiger partial charge in [-0.15, -0.1) is 0 Å². The van der Waals surface area contributed by atoms with Gasteiger partial charge in [0.1, 0.15) is 5.76 Å². The Hall–Kier alpha value is -3.67. The lowest BCUT2D eigenvalue weighted by atomic mass is 9.86. The van der Waals surface area contributed by atoms with Crippen molar-refractivity contribution in [1.29, 1.82) is 0 Å². The Bertz CT molecular complexity index is 1180. The van der Waals surface area contributed by atoms with Gasteiger partial charge in [-0.2, -0.15) is 0 Å². The number of unbranched alkanes of at least 4 members (excludes halogenated alkanes) is 1. The summed E-state index contributed by atoms with van der Waals surface area (Å²) >= 11 is 0. The maximum atomic E-state index is 12.8. The van der Waals surface area contributed by atoms with Gasteiger partial charge in [0.15, 0.2) is 11.7 Å². The lowest BCUT2D eigenvalue weighted by Gasteiger charge is -2.33. The summed E-state index contributed by atoms with van der Waals surface area (Å²) in [4.78, 5) is 31.1. The van der Waals surface area contributed by atoms with Crippen LogP contribution < -0.4 is 5.73 Å². The first-order valence-corrected chi connectivity index (χ1v) is 11.2. The lowest BCUT2D eigenvalue weighted by Crippen LogP contribution is -2.47. The largest absolute Gasteiger partial charge is 0.469 e. The number of hydrogen-bond acceptors (Lipinski definition) is 5. The molecule has 33 heavy (non-hydrogen) atoms. The van der Waals surface area contributed by atoms with E-state index in [9.17, 15) is 9.59 Å². The van der Waals surface area contributed by atoms with E-state index in [1.165, 1.54) is 4.90 Å². The molecule has 0 saturated heterocycles. The molecule has 1 atom stereocenters. The Labute approximate surface area is 194 Å². The van der Waals surface area contributed by atoms with E-state index < -0.39 is 5.54 Å². The summed E-state index contributed by atoms with van der Waals surface area (Å²) in [6.07, 6.45) is 5.01. The summed E-state index contributed by atoms with van der Waals surface area (Å²) in [5.74, 6) is 1.25. The highest BCUT2D eigenvalue weighted by Gasteiger charge is 2.36. The molecule has 6 nitrogen and oxygen atoms in total. The molecule has 1 aliphatic rings. The maximum absolute atomic E-state index is 12.8. The van der Waals surface area contributed by atoms with E-state index in [-0.39, 0.29) is 24.1 Å². The molecular formula is C27H29N3O3. The SMILES string of the molecule is CN1C(=O)C[C@@](C)(c2cccc(-c3cccc(C(=O)CCCCc4ccco4)c3)c2)N=C1N. The van der Waals surface area contributed by atoms with Crippen LogP contribution >= 0.6 is 0 Å². The molecular weight excluding hydrogens is 414 g/mol. The zero-order chi connectivity index (χ0) is 23.4. The minimum atomic E-state index is -0.717. The Morgan fingerprint density at radius 2 is 1.85 bits per heavy atom. The zero-order valence-corrected chi connectivity index (χ0v) is 19.1. The van der Waals surface area contributed by atoms with Gasteiger partial charge in [-0.3, -0.25) is 14.5 Å². The van der Waals surface area contributed by atoms with Crippen molar-refractivity contribution < 1.29 is 14.0 Å². The molecule has 0 spiro atoms. The number of ketones is 1. The van der Waals surface area contributed by atoms with E-state index in [1.54, 1.807) is 13.3 Å². The molecule has 1 aliphatic heterocycles. The van der Waals surface area contributed by atoms with Gasteiger partial charge in [0.05, 0.1) is 18.2 Å². The van der Waals surface area contributed by atoms with Crippen LogP contribution in [0.1, 0.15) is 54.3 Å². The van der Waals surface area contributed by atoms with Gasteiger partial charge in [0.2, 0.25) is 5.91 Å². The summed E-state index contributed by atoms with van der Waals surface area (Å²) in [5, 5.41) is 0. The topological polar surface area (TPSA) is 88.9 Å². The second kappa shape index (κ2) is 9.45. The molecule has 2 heterocycles. The van der Waals surface area contributed by atoms with E-state index in [0.717, 1.165) is 41.7 Å². The van der Waals surface area contributed by atoms with Crippen molar-refractivity contribution in [2.24, 2.45) is 10.7 Å². The van der Waals surface area contributed by atoms with Crippen LogP contribution in [0.3, 0.4) is 0 Å². The van der Waals surface area contributed by atoms with Crippen LogP contribution in [-0.4, -0.2) is 29.6 Å². The number of hydrogen-bond donors (Lipinski definition) is 1. The van der Waals surface area contributed by atoms with Gasteiger partial charge in [0.25, 0.3) is 0 Å². The van der Waals surface area contributed by atoms with Crippen LogP contribution in [0.15, 0.2) is 76.3 Å². The molecule has 6 heteroatoms. The Kier molecular flexibility index (Phi) is 6.45. The van der Waals surface area contributed by atoms with E-state index >= 15 is 0 Å². The number of guanidine groups is 1. The molecule has 0 fully saturated rings. The molecule has 1 aromatic heterocycles. The minimum absolute atomic E-state index is 0.0601. The average Bonchev–Trinajstić information content (AvgIpc) is 3.34. The minimum Gasteiger partial charge on any atom is -0.469 e. The van der Waals surface area contributed by atoms with E-state index in [2.05, 4.69) is 4.99 Å². The molecule has 170 valence electrons. The summed E-state index contributed by atoms with van der Waals surface area (Å²) in [5.41, 5.74) is 8.81. The van der Waals surface area contributed by atoms with E-state index in [1.807, 2.05) is 67.6 Å². The first-order valence-electron chi connectivity index (χ1n) is 11.2. The number of nitrogens with zero attached hydrogens (tertiary/aromatic N) is 2. The molecule has 1 amide bonds. The van der Waals surface area contributed by atoms with E-state index in [4.69, 9.17) is 10.2 Å². The Morgan fingerprint density at radius 1 is 1.09 bits per heavy atom. The number of carbonyl (C=O) groups is 2. The predicted molar refractivity (Wildman–Crippen MR) is 129 cm³/mol. The molecule has 4 rings (SSSR count). The van der Waals surface area contributed by atoms with Gasteiger partial charge in [-0.25, -0.2) is 4.99 Å². The summed E-state index contributed by atoms with van der Waals surface area (Å²) in [6.45, 7) is 1.92. The fourth-order valence-electron chi connectivity index (χ4n) is 4.16. The summed E-state index contributed by atoms with van der Waals surface area (Å²) in [6, 6.07) is 19.5. The van der Waals surface area contributed by atoms with Crippen molar-refractivity contribution in [3.05, 3.63) is 83.8 Å². The highest BCUT2D eigenvalue weighted by molar-refractivity contribution is 5.99. The van der Waals surface area contributed by atoms with Crippen LogP contribution in [0.25, 0.3) is 11.1 Å². The van der Waals surface area contributed by atoms with Gasteiger partial charge >= 0.3 is 0 Å². The first-order chi connectivity index (χ1) is 15.9. The Balaban J connectivity index is 1.48. The van der Waals surface area contributed by atoms with Crippen molar-refractivity contribution in [1.82, 2.24) is 4.90 Å². The van der Waals surface area contributed by atoms with Crippen LogP contribution in [0.2, 0.25) is 0 Å². The van der Waals surface area contributed by atoms with Crippen LogP contribution in [-0.2, 0) is 16.8 Å². The second-order valence-corrected chi connectivity index (χ2v) is 8.74. The van der Waals surface area contributed by atoms with Crippen molar-refractivity contribution in [3.8, 4) is 11.1 Å². The fourth-order valence-corrected chi connectivity index (χ4v) is 4.16. The molecule has 0 saturated carbocycles. The number of aliphatic imine (C=N–C) groups is 1. The predicted octanol–water partition coefficient (Wildman–Crippen LogP) is 4.93. The third-order valence-electron chi connectivity index (χ3n) is 6.23. The molecule has 0 bridgehead atoms. The molecule has 2 N–H and O–H groups in total. The van der Waals surface area contributed by atoms with Crippen LogP contribution in [0.4, 0.5) is 0 Å². The fraction of sp³-hybridized carbons (Fsp3) is 0.296. The number of rotatable bonds is 8. The van der Waals surface area contributed by atoms with E-state index in [0.29, 0.717) is 12.0 Å². The Morgan fingerprint density at radius 3 is 2.58 bits per heavy atom. The smallest absolute Gasteiger partial charge is 0.231 e. The molecule has 3 aromatic rings. The monoisotopic (exact) mass is 443 g/mol. The van der Waals surface area contributed by atoms with Gasteiger partial charge in [-0.05, 0) is 60.7 Å². The first kappa shape index (κ1) is 22.5. The molecule has 0 unspecified atom stereocenters. The number of benzene rings is 2. The summed E-state index contributed by atoms with van der Waals surface area (Å²) < 4.78 is 5.35. The number of carbonyl (C=O) groups excluding carboxylic acids is 2. The van der Waals surface area contributed by atoms with Crippen molar-refractivity contribution in [3.63, 3.8) is 0 Å². The molecule has 0 aliphatic carbocycles. The van der Waals surface area contributed by atoms with Gasteiger partial charge in [-0.1, -0.05) is 36.4 Å². The normalized spacial score (nSPS) is 18.3. The number of aryl methyl sites for hydroxylation is 1. The third-order valence-corrected chi connectivity index (χ3v) is 6.23. The number of Topliss-reactive ketones (excluding diaryl/α,β-unsaturated/α-hetero) is 1. The number of amides is 1. The maximum Gasteiger partial charge on any atom is 0.231 e. The highest BCUT2D eigenvalue weighted by atomic mass is 16.3. The van der Waals surface area contributed by atoms with Crippen molar-refractivity contribution in [2.75, 3.05) is 7.05 Å².